The first-order valence-corrected chi connectivity index (χ1v) is 10.6. The fraction of sp³-hybridized carbons (Fsp3) is 0.120. The summed E-state index contributed by atoms with van der Waals surface area (Å²) in [5.74, 6) is 0.928. The molecule has 0 spiro atoms. The van der Waals surface area contributed by atoms with E-state index in [-0.39, 0.29) is 18.6 Å². The minimum atomic E-state index is -0.151. The first-order chi connectivity index (χ1) is 15.1. The summed E-state index contributed by atoms with van der Waals surface area (Å²) in [5, 5.41) is 0.603. The largest absolute Gasteiger partial charge is 0.490 e. The molecule has 1 aromatic heterocycles. The van der Waals surface area contributed by atoms with Gasteiger partial charge in [-0.15, -0.1) is 0 Å². The Morgan fingerprint density at radius 3 is 2.29 bits per heavy atom. The third-order valence-corrected chi connectivity index (χ3v) is 5.53. The molecule has 31 heavy (non-hydrogen) atoms. The lowest BCUT2D eigenvalue weighted by molar-refractivity contribution is 0.112. The van der Waals surface area contributed by atoms with Crippen LogP contribution in [0.4, 0.5) is 0 Å². The highest BCUT2D eigenvalue weighted by molar-refractivity contribution is 9.10. The second-order valence-electron chi connectivity index (χ2n) is 6.97. The van der Waals surface area contributed by atoms with Gasteiger partial charge in [0.25, 0.3) is 0 Å². The van der Waals surface area contributed by atoms with Gasteiger partial charge in [0.05, 0.1) is 11.2 Å². The number of aldehydes is 1. The van der Waals surface area contributed by atoms with Crippen molar-refractivity contribution in [3.63, 3.8) is 0 Å². The highest BCUT2D eigenvalue weighted by Crippen LogP contribution is 2.31. The van der Waals surface area contributed by atoms with Gasteiger partial charge >= 0.3 is 0 Å². The van der Waals surface area contributed by atoms with Gasteiger partial charge in [-0.2, -0.15) is 0 Å². The highest BCUT2D eigenvalue weighted by Gasteiger charge is 2.18. The standard InChI is InChI=1S/C25H20BrNO4/c1-27-22-5-3-2-4-21(22)24(29)25(23(27)18-8-10-19(26)11-9-18)31-15-14-30-20-12-6-17(16-28)7-13-20/h2-13,16H,14-15H2,1H3. The molecule has 0 bridgehead atoms. The Balaban J connectivity index is 1.64. The number of aromatic nitrogens is 1. The number of ether oxygens (including phenoxy) is 2. The predicted octanol–water partition coefficient (Wildman–Crippen LogP) is 5.24. The number of para-hydroxylation sites is 1. The van der Waals surface area contributed by atoms with Crippen molar-refractivity contribution in [2.45, 2.75) is 0 Å². The van der Waals surface area contributed by atoms with E-state index in [0.29, 0.717) is 28.1 Å². The van der Waals surface area contributed by atoms with Crippen LogP contribution >= 0.6 is 15.9 Å². The number of rotatable bonds is 7. The molecule has 3 aromatic carbocycles. The molecule has 6 heteroatoms. The topological polar surface area (TPSA) is 57.5 Å². The Bertz CT molecular complexity index is 1280. The monoisotopic (exact) mass is 477 g/mol. The molecule has 0 N–H and O–H groups in total. The van der Waals surface area contributed by atoms with Gasteiger partial charge in [0.15, 0.2) is 5.75 Å². The van der Waals surface area contributed by atoms with Crippen LogP contribution in [-0.4, -0.2) is 24.1 Å². The predicted molar refractivity (Wildman–Crippen MR) is 125 cm³/mol. The van der Waals surface area contributed by atoms with Crippen molar-refractivity contribution >= 4 is 33.1 Å². The number of fused-ring (bicyclic) bond motifs is 1. The van der Waals surface area contributed by atoms with E-state index in [9.17, 15) is 9.59 Å². The molecule has 0 saturated carbocycles. The Labute approximate surface area is 188 Å². The third-order valence-electron chi connectivity index (χ3n) is 5.00. The molecule has 4 rings (SSSR count). The fourth-order valence-electron chi connectivity index (χ4n) is 3.47. The summed E-state index contributed by atoms with van der Waals surface area (Å²) >= 11 is 3.46. The summed E-state index contributed by atoms with van der Waals surface area (Å²) in [6, 6.07) is 22.1. The van der Waals surface area contributed by atoms with Gasteiger partial charge in [0.2, 0.25) is 5.43 Å². The maximum absolute atomic E-state index is 13.3. The lowest BCUT2D eigenvalue weighted by atomic mass is 10.1. The van der Waals surface area contributed by atoms with Crippen molar-refractivity contribution in [1.82, 2.24) is 4.57 Å². The van der Waals surface area contributed by atoms with Crippen molar-refractivity contribution in [1.29, 1.82) is 0 Å². The molecule has 1 heterocycles. The minimum Gasteiger partial charge on any atom is -0.490 e. The van der Waals surface area contributed by atoms with E-state index in [1.54, 1.807) is 30.3 Å². The van der Waals surface area contributed by atoms with E-state index < -0.39 is 0 Å². The number of carbonyl (C=O) groups is 1. The Kier molecular flexibility index (Phi) is 6.18. The average Bonchev–Trinajstić information content (AvgIpc) is 2.81. The quantitative estimate of drug-likeness (QED) is 0.269. The number of halogens is 1. The summed E-state index contributed by atoms with van der Waals surface area (Å²) in [6.45, 7) is 0.461. The van der Waals surface area contributed by atoms with E-state index in [2.05, 4.69) is 15.9 Å². The van der Waals surface area contributed by atoms with Crippen molar-refractivity contribution in [3.05, 3.63) is 93.1 Å². The zero-order valence-electron chi connectivity index (χ0n) is 16.9. The van der Waals surface area contributed by atoms with Crippen LogP contribution in [0, 0.1) is 0 Å². The van der Waals surface area contributed by atoms with Gasteiger partial charge in [-0.25, -0.2) is 0 Å². The van der Waals surface area contributed by atoms with Crippen LogP contribution in [-0.2, 0) is 7.05 Å². The zero-order valence-corrected chi connectivity index (χ0v) is 18.5. The first-order valence-electron chi connectivity index (χ1n) is 9.77. The molecule has 0 atom stereocenters. The molecule has 0 aliphatic carbocycles. The molecule has 5 nitrogen and oxygen atoms in total. The Morgan fingerprint density at radius 1 is 0.903 bits per heavy atom. The summed E-state index contributed by atoms with van der Waals surface area (Å²) in [5.41, 5.74) is 2.87. The molecule has 0 saturated heterocycles. The summed E-state index contributed by atoms with van der Waals surface area (Å²) < 4.78 is 14.6. The number of carbonyl (C=O) groups excluding carboxylic acids is 1. The number of aryl methyl sites for hydroxylation is 1. The first kappa shape index (κ1) is 20.9. The third kappa shape index (κ3) is 4.39. The van der Waals surface area contributed by atoms with Crippen molar-refractivity contribution in [2.24, 2.45) is 7.05 Å². The molecule has 0 unspecified atom stereocenters. The van der Waals surface area contributed by atoms with Crippen molar-refractivity contribution in [3.8, 4) is 22.8 Å². The maximum atomic E-state index is 13.3. The minimum absolute atomic E-state index is 0.151. The Hall–Kier alpha value is -3.38. The Morgan fingerprint density at radius 2 is 1.58 bits per heavy atom. The van der Waals surface area contributed by atoms with Crippen LogP contribution in [0.2, 0.25) is 0 Å². The number of hydrogen-bond acceptors (Lipinski definition) is 4. The number of benzene rings is 3. The second-order valence-corrected chi connectivity index (χ2v) is 7.89. The molecular formula is C25H20BrNO4. The lowest BCUT2D eigenvalue weighted by Crippen LogP contribution is -2.18. The van der Waals surface area contributed by atoms with Crippen LogP contribution in [0.25, 0.3) is 22.2 Å². The number of nitrogens with zero attached hydrogens (tertiary/aromatic N) is 1. The number of pyridine rings is 1. The van der Waals surface area contributed by atoms with Gasteiger partial charge in [0.1, 0.15) is 25.2 Å². The van der Waals surface area contributed by atoms with E-state index >= 15 is 0 Å². The van der Waals surface area contributed by atoms with E-state index in [0.717, 1.165) is 21.8 Å². The smallest absolute Gasteiger partial charge is 0.231 e. The molecular weight excluding hydrogens is 458 g/mol. The SMILES string of the molecule is Cn1c(-c2ccc(Br)cc2)c(OCCOc2ccc(C=O)cc2)c(=O)c2ccccc21. The van der Waals surface area contributed by atoms with Crippen LogP contribution in [0.15, 0.2) is 82.1 Å². The van der Waals surface area contributed by atoms with Gasteiger partial charge in [-0.1, -0.05) is 40.2 Å². The molecule has 4 aromatic rings. The summed E-state index contributed by atoms with van der Waals surface area (Å²) in [4.78, 5) is 24.0. The highest BCUT2D eigenvalue weighted by atomic mass is 79.9. The average molecular weight is 478 g/mol. The van der Waals surface area contributed by atoms with Crippen LogP contribution in [0.1, 0.15) is 10.4 Å². The molecule has 0 amide bonds. The van der Waals surface area contributed by atoms with Crippen LogP contribution < -0.4 is 14.9 Å². The van der Waals surface area contributed by atoms with Crippen molar-refractivity contribution in [2.75, 3.05) is 13.2 Å². The second kappa shape index (κ2) is 9.18. The molecule has 156 valence electrons. The van der Waals surface area contributed by atoms with Gasteiger partial charge < -0.3 is 14.0 Å². The summed E-state index contributed by atoms with van der Waals surface area (Å²) in [7, 11) is 1.93. The zero-order chi connectivity index (χ0) is 21.8. The molecule has 0 aliphatic heterocycles. The number of hydrogen-bond donors (Lipinski definition) is 0. The van der Waals surface area contributed by atoms with E-state index in [1.807, 2.05) is 54.1 Å². The van der Waals surface area contributed by atoms with Crippen molar-refractivity contribution < 1.29 is 14.3 Å². The molecule has 0 aliphatic rings. The molecule has 0 fully saturated rings. The van der Waals surface area contributed by atoms with Crippen LogP contribution in [0.3, 0.4) is 0 Å². The lowest BCUT2D eigenvalue weighted by Gasteiger charge is -2.18. The molecule has 0 radical (unpaired) electrons. The van der Waals surface area contributed by atoms with E-state index in [4.69, 9.17) is 9.47 Å². The maximum Gasteiger partial charge on any atom is 0.231 e. The normalized spacial score (nSPS) is 10.8. The fourth-order valence-corrected chi connectivity index (χ4v) is 3.74. The van der Waals surface area contributed by atoms with Gasteiger partial charge in [0, 0.05) is 28.0 Å². The van der Waals surface area contributed by atoms with E-state index in [1.165, 1.54) is 0 Å². The van der Waals surface area contributed by atoms with Crippen LogP contribution in [0.5, 0.6) is 11.5 Å². The van der Waals surface area contributed by atoms with Gasteiger partial charge in [-0.3, -0.25) is 9.59 Å². The summed E-state index contributed by atoms with van der Waals surface area (Å²) in [6.07, 6.45) is 0.784. The van der Waals surface area contributed by atoms with Gasteiger partial charge in [-0.05, 0) is 48.5 Å².